The molecule has 1 heterocycles. The van der Waals surface area contributed by atoms with E-state index in [0.717, 1.165) is 17.4 Å². The van der Waals surface area contributed by atoms with Crippen LogP contribution in [0.2, 0.25) is 0 Å². The predicted octanol–water partition coefficient (Wildman–Crippen LogP) is 3.41. The van der Waals surface area contributed by atoms with Crippen LogP contribution in [0.3, 0.4) is 0 Å². The third-order valence-electron chi connectivity index (χ3n) is 2.75. The summed E-state index contributed by atoms with van der Waals surface area (Å²) in [5.41, 5.74) is 2.45. The number of hydrogen-bond donors (Lipinski definition) is 2. The number of aromatic nitrogens is 1. The lowest BCUT2D eigenvalue weighted by molar-refractivity contribution is 0.459. The van der Waals surface area contributed by atoms with Gasteiger partial charge in [0.05, 0.1) is 17.9 Å². The van der Waals surface area contributed by atoms with E-state index in [2.05, 4.69) is 10.3 Å². The Hall–Kier alpha value is -2.10. The van der Waals surface area contributed by atoms with Gasteiger partial charge in [0.1, 0.15) is 11.6 Å². The van der Waals surface area contributed by atoms with Gasteiger partial charge >= 0.3 is 0 Å². The molecule has 2 N–H and O–H groups in total. The van der Waals surface area contributed by atoms with E-state index in [1.54, 1.807) is 12.3 Å². The van der Waals surface area contributed by atoms with E-state index in [0.29, 0.717) is 5.56 Å². The van der Waals surface area contributed by atoms with Crippen molar-refractivity contribution in [3.05, 3.63) is 53.6 Å². The molecule has 1 aromatic heterocycles. The van der Waals surface area contributed by atoms with Gasteiger partial charge in [-0.05, 0) is 32.0 Å². The fourth-order valence-electron chi connectivity index (χ4n) is 1.76. The summed E-state index contributed by atoms with van der Waals surface area (Å²) in [7, 11) is 0. The number of phenols is 1. The lowest BCUT2D eigenvalue weighted by Gasteiger charge is -2.16. The van der Waals surface area contributed by atoms with E-state index in [1.165, 1.54) is 6.07 Å². The van der Waals surface area contributed by atoms with Gasteiger partial charge in [-0.15, -0.1) is 0 Å². The molecule has 0 saturated heterocycles. The van der Waals surface area contributed by atoms with Crippen LogP contribution in [0.4, 0.5) is 10.1 Å². The number of halogens is 1. The van der Waals surface area contributed by atoms with Crippen molar-refractivity contribution in [1.82, 2.24) is 4.98 Å². The van der Waals surface area contributed by atoms with Crippen LogP contribution in [0.5, 0.6) is 5.75 Å². The van der Waals surface area contributed by atoms with Gasteiger partial charge in [0.25, 0.3) is 0 Å². The first-order valence-electron chi connectivity index (χ1n) is 5.74. The molecule has 94 valence electrons. The summed E-state index contributed by atoms with van der Waals surface area (Å²) in [5.74, 6) is -0.490. The second kappa shape index (κ2) is 5.04. The van der Waals surface area contributed by atoms with Gasteiger partial charge in [-0.3, -0.25) is 4.98 Å². The molecule has 4 heteroatoms. The van der Waals surface area contributed by atoms with Crippen molar-refractivity contribution in [1.29, 1.82) is 0 Å². The van der Waals surface area contributed by atoms with Crippen LogP contribution >= 0.6 is 0 Å². The number of hydrogen-bond acceptors (Lipinski definition) is 3. The fraction of sp³-hybridized carbons (Fsp3) is 0.214. The third-order valence-corrected chi connectivity index (χ3v) is 2.75. The number of pyridine rings is 1. The van der Waals surface area contributed by atoms with Gasteiger partial charge in [-0.1, -0.05) is 6.07 Å². The van der Waals surface area contributed by atoms with E-state index < -0.39 is 5.82 Å². The minimum absolute atomic E-state index is 0.0462. The Morgan fingerprint density at radius 3 is 2.67 bits per heavy atom. The first kappa shape index (κ1) is 12.4. The Bertz CT molecular complexity index is 540. The first-order chi connectivity index (χ1) is 8.56. The van der Waals surface area contributed by atoms with Gasteiger partial charge in [0, 0.05) is 17.3 Å². The number of nitrogens with zero attached hydrogens (tertiary/aromatic N) is 1. The van der Waals surface area contributed by atoms with E-state index in [-0.39, 0.29) is 11.8 Å². The fourth-order valence-corrected chi connectivity index (χ4v) is 1.76. The minimum atomic E-state index is -0.444. The Morgan fingerprint density at radius 1 is 1.28 bits per heavy atom. The second-order valence-electron chi connectivity index (χ2n) is 4.26. The standard InChI is InChI=1S/C14H15FN2O/c1-9-3-5-12(8-16-9)17-10(2)13-6-4-11(15)7-14(13)18/h3-8,10,17-18H,1-2H3. The van der Waals surface area contributed by atoms with Gasteiger partial charge < -0.3 is 10.4 Å². The van der Waals surface area contributed by atoms with Gasteiger partial charge in [0.15, 0.2) is 0 Å². The summed E-state index contributed by atoms with van der Waals surface area (Å²) >= 11 is 0. The van der Waals surface area contributed by atoms with Gasteiger partial charge in [0.2, 0.25) is 0 Å². The topological polar surface area (TPSA) is 45.1 Å². The SMILES string of the molecule is Cc1ccc(NC(C)c2ccc(F)cc2O)cn1. The van der Waals surface area contributed by atoms with Crippen molar-refractivity contribution >= 4 is 5.69 Å². The monoisotopic (exact) mass is 246 g/mol. The minimum Gasteiger partial charge on any atom is -0.507 e. The van der Waals surface area contributed by atoms with Crippen LogP contribution in [0.15, 0.2) is 36.5 Å². The summed E-state index contributed by atoms with van der Waals surface area (Å²) in [6, 6.07) is 7.71. The molecule has 18 heavy (non-hydrogen) atoms. The molecule has 3 nitrogen and oxygen atoms in total. The van der Waals surface area contributed by atoms with Gasteiger partial charge in [-0.2, -0.15) is 0 Å². The second-order valence-corrected chi connectivity index (χ2v) is 4.26. The quantitative estimate of drug-likeness (QED) is 0.872. The maximum Gasteiger partial charge on any atom is 0.126 e. The van der Waals surface area contributed by atoms with Crippen LogP contribution in [0.1, 0.15) is 24.2 Å². The lowest BCUT2D eigenvalue weighted by atomic mass is 10.1. The molecule has 1 aromatic carbocycles. The number of benzene rings is 1. The third kappa shape index (κ3) is 2.77. The van der Waals surface area contributed by atoms with E-state index >= 15 is 0 Å². The molecule has 1 unspecified atom stereocenters. The van der Waals surface area contributed by atoms with Crippen LogP contribution in [0.25, 0.3) is 0 Å². The Balaban J connectivity index is 2.16. The molecule has 0 spiro atoms. The first-order valence-corrected chi connectivity index (χ1v) is 5.74. The lowest BCUT2D eigenvalue weighted by Crippen LogP contribution is -2.07. The zero-order valence-electron chi connectivity index (χ0n) is 10.3. The predicted molar refractivity (Wildman–Crippen MR) is 69.1 cm³/mol. The number of rotatable bonds is 3. The molecule has 0 fully saturated rings. The van der Waals surface area contributed by atoms with Crippen molar-refractivity contribution in [2.24, 2.45) is 0 Å². The molecule has 2 rings (SSSR count). The van der Waals surface area contributed by atoms with E-state index in [1.807, 2.05) is 26.0 Å². The molecule has 0 amide bonds. The van der Waals surface area contributed by atoms with Crippen LogP contribution < -0.4 is 5.32 Å². The zero-order chi connectivity index (χ0) is 13.1. The molecule has 1 atom stereocenters. The average molecular weight is 246 g/mol. The highest BCUT2D eigenvalue weighted by Gasteiger charge is 2.11. The van der Waals surface area contributed by atoms with Crippen molar-refractivity contribution in [3.8, 4) is 5.75 Å². The number of aromatic hydroxyl groups is 1. The highest BCUT2D eigenvalue weighted by atomic mass is 19.1. The molecule has 0 bridgehead atoms. The Kier molecular flexibility index (Phi) is 3.46. The number of phenolic OH excluding ortho intramolecular Hbond substituents is 1. The average Bonchev–Trinajstić information content (AvgIpc) is 2.32. The van der Waals surface area contributed by atoms with E-state index in [4.69, 9.17) is 0 Å². The smallest absolute Gasteiger partial charge is 0.126 e. The maximum absolute atomic E-state index is 12.9. The Labute approximate surface area is 105 Å². The molecule has 0 saturated carbocycles. The molecular formula is C14H15FN2O. The summed E-state index contributed by atoms with van der Waals surface area (Å²) in [6.07, 6.45) is 1.73. The Morgan fingerprint density at radius 2 is 2.06 bits per heavy atom. The van der Waals surface area contributed by atoms with Crippen LogP contribution in [-0.4, -0.2) is 10.1 Å². The summed E-state index contributed by atoms with van der Waals surface area (Å²) in [5, 5.41) is 12.9. The van der Waals surface area contributed by atoms with Crippen molar-refractivity contribution < 1.29 is 9.50 Å². The molecule has 0 aliphatic heterocycles. The van der Waals surface area contributed by atoms with Crippen molar-refractivity contribution in [2.45, 2.75) is 19.9 Å². The highest BCUT2D eigenvalue weighted by molar-refractivity contribution is 5.46. The molecule has 0 aliphatic carbocycles. The number of nitrogens with one attached hydrogen (secondary N) is 1. The summed E-state index contributed by atoms with van der Waals surface area (Å²) in [4.78, 5) is 4.18. The van der Waals surface area contributed by atoms with Crippen LogP contribution in [0, 0.1) is 12.7 Å². The molecule has 0 aliphatic rings. The van der Waals surface area contributed by atoms with Crippen molar-refractivity contribution in [3.63, 3.8) is 0 Å². The highest BCUT2D eigenvalue weighted by Crippen LogP contribution is 2.27. The summed E-state index contributed by atoms with van der Waals surface area (Å²) < 4.78 is 12.9. The van der Waals surface area contributed by atoms with Gasteiger partial charge in [-0.25, -0.2) is 4.39 Å². The molecule has 2 aromatic rings. The normalized spacial score (nSPS) is 12.2. The molecule has 0 radical (unpaired) electrons. The summed E-state index contributed by atoms with van der Waals surface area (Å²) in [6.45, 7) is 3.81. The van der Waals surface area contributed by atoms with Crippen molar-refractivity contribution in [2.75, 3.05) is 5.32 Å². The maximum atomic E-state index is 12.9. The number of anilines is 1. The number of aryl methyl sites for hydroxylation is 1. The van der Waals surface area contributed by atoms with E-state index in [9.17, 15) is 9.50 Å². The molecular weight excluding hydrogens is 231 g/mol. The zero-order valence-corrected chi connectivity index (χ0v) is 10.3. The largest absolute Gasteiger partial charge is 0.507 e. The van der Waals surface area contributed by atoms with Crippen LogP contribution in [-0.2, 0) is 0 Å².